The van der Waals surface area contributed by atoms with Crippen LogP contribution in [0.25, 0.3) is 0 Å². The van der Waals surface area contributed by atoms with E-state index >= 15 is 0 Å². The van der Waals surface area contributed by atoms with E-state index in [1.807, 2.05) is 0 Å². The number of carbonyl (C=O) groups is 1. The van der Waals surface area contributed by atoms with E-state index < -0.39 is 0 Å². The van der Waals surface area contributed by atoms with E-state index in [1.165, 1.54) is 16.7 Å². The quantitative estimate of drug-likeness (QED) is 0.858. The summed E-state index contributed by atoms with van der Waals surface area (Å²) in [5.41, 5.74) is 9.37. The van der Waals surface area contributed by atoms with E-state index in [0.29, 0.717) is 12.0 Å². The lowest BCUT2D eigenvalue weighted by molar-refractivity contribution is -0.125. The molecule has 1 fully saturated rings. The van der Waals surface area contributed by atoms with Crippen LogP contribution in [0.4, 0.5) is 0 Å². The first-order valence-electron chi connectivity index (χ1n) is 7.03. The lowest BCUT2D eigenvalue weighted by Gasteiger charge is -2.40. The average Bonchev–Trinajstić information content (AvgIpc) is 2.31. The van der Waals surface area contributed by atoms with Crippen LogP contribution in [-0.2, 0) is 4.79 Å². The number of carbonyl (C=O) groups excluding carboxylic acids is 1. The number of piperidine rings is 1. The molecule has 0 saturated carbocycles. The predicted octanol–water partition coefficient (Wildman–Crippen LogP) is 2.46. The van der Waals surface area contributed by atoms with Gasteiger partial charge in [0, 0.05) is 12.1 Å². The van der Waals surface area contributed by atoms with E-state index in [0.717, 1.165) is 6.42 Å². The summed E-state index contributed by atoms with van der Waals surface area (Å²) in [5.74, 6) is -0.00633. The molecule has 0 aliphatic carbocycles. The Morgan fingerprint density at radius 1 is 1.32 bits per heavy atom. The Bertz CT molecular complexity index is 484. The molecule has 0 aromatic heterocycles. The number of nitrogens with one attached hydrogen (secondary N) is 1. The van der Waals surface area contributed by atoms with Crippen LogP contribution in [-0.4, -0.2) is 11.9 Å². The van der Waals surface area contributed by atoms with Crippen molar-refractivity contribution in [1.82, 2.24) is 5.32 Å². The molecule has 0 bridgehead atoms. The molecule has 3 nitrogen and oxygen atoms in total. The highest BCUT2D eigenvalue weighted by molar-refractivity contribution is 5.78. The van der Waals surface area contributed by atoms with Crippen LogP contribution >= 0.6 is 0 Å². The summed E-state index contributed by atoms with van der Waals surface area (Å²) in [5, 5.41) is 3.56. The highest BCUT2D eigenvalue weighted by Crippen LogP contribution is 2.37. The second-order valence-corrected chi connectivity index (χ2v) is 5.98. The molecule has 4 unspecified atom stereocenters. The van der Waals surface area contributed by atoms with E-state index in [-0.39, 0.29) is 17.9 Å². The van der Waals surface area contributed by atoms with Crippen LogP contribution in [0.15, 0.2) is 18.2 Å². The Hall–Kier alpha value is -1.35. The molecule has 1 aromatic carbocycles. The van der Waals surface area contributed by atoms with Crippen molar-refractivity contribution in [1.29, 1.82) is 0 Å². The van der Waals surface area contributed by atoms with Gasteiger partial charge in [0.25, 0.3) is 0 Å². The van der Waals surface area contributed by atoms with Crippen molar-refractivity contribution in [3.8, 4) is 0 Å². The minimum absolute atomic E-state index is 0.0381. The van der Waals surface area contributed by atoms with Gasteiger partial charge in [-0.15, -0.1) is 0 Å². The zero-order valence-electron chi connectivity index (χ0n) is 12.2. The topological polar surface area (TPSA) is 55.1 Å². The van der Waals surface area contributed by atoms with Gasteiger partial charge in [0.1, 0.15) is 0 Å². The normalized spacial score (nSPS) is 31.2. The molecule has 19 heavy (non-hydrogen) atoms. The Morgan fingerprint density at radius 3 is 2.63 bits per heavy atom. The molecule has 3 heteroatoms. The fourth-order valence-electron chi connectivity index (χ4n) is 3.35. The molecule has 1 saturated heterocycles. The van der Waals surface area contributed by atoms with Crippen LogP contribution in [0.5, 0.6) is 0 Å². The van der Waals surface area contributed by atoms with Gasteiger partial charge >= 0.3 is 0 Å². The molecule has 3 N–H and O–H groups in total. The van der Waals surface area contributed by atoms with E-state index in [1.54, 1.807) is 0 Å². The monoisotopic (exact) mass is 260 g/mol. The highest BCUT2D eigenvalue weighted by atomic mass is 16.1. The van der Waals surface area contributed by atoms with Gasteiger partial charge in [0.05, 0.1) is 5.92 Å². The van der Waals surface area contributed by atoms with E-state index in [4.69, 9.17) is 5.73 Å². The molecule has 1 aliphatic rings. The Labute approximate surface area is 115 Å². The number of benzene rings is 1. The zero-order chi connectivity index (χ0) is 14.2. The SMILES string of the molecule is Cc1cccc(C2NC(C)CC(C)C2C(N)=O)c1C. The summed E-state index contributed by atoms with van der Waals surface area (Å²) >= 11 is 0. The van der Waals surface area contributed by atoms with Crippen LogP contribution in [0.3, 0.4) is 0 Å². The first-order chi connectivity index (χ1) is 8.91. The molecule has 104 valence electrons. The van der Waals surface area contributed by atoms with Gasteiger partial charge in [0.2, 0.25) is 5.91 Å². The molecular weight excluding hydrogens is 236 g/mol. The summed E-state index contributed by atoms with van der Waals surface area (Å²) in [4.78, 5) is 11.8. The number of hydrogen-bond donors (Lipinski definition) is 2. The largest absolute Gasteiger partial charge is 0.369 e. The third-order valence-corrected chi connectivity index (χ3v) is 4.47. The summed E-state index contributed by atoms with van der Waals surface area (Å²) in [6.07, 6.45) is 0.995. The van der Waals surface area contributed by atoms with Gasteiger partial charge in [-0.2, -0.15) is 0 Å². The van der Waals surface area contributed by atoms with Crippen LogP contribution in [0.1, 0.15) is 43.0 Å². The summed E-state index contributed by atoms with van der Waals surface area (Å²) in [6.45, 7) is 8.53. The molecule has 1 aromatic rings. The number of nitrogens with two attached hydrogens (primary N) is 1. The third kappa shape index (κ3) is 2.66. The standard InChI is InChI=1S/C16H24N2O/c1-9-6-5-7-13(12(9)4)15-14(16(17)19)10(2)8-11(3)18-15/h5-7,10-11,14-15,18H,8H2,1-4H3,(H2,17,19). The number of rotatable bonds is 2. The van der Waals surface area contributed by atoms with Gasteiger partial charge in [-0.25, -0.2) is 0 Å². The van der Waals surface area contributed by atoms with E-state index in [9.17, 15) is 4.79 Å². The minimum atomic E-state index is -0.196. The predicted molar refractivity (Wildman–Crippen MR) is 77.7 cm³/mol. The zero-order valence-corrected chi connectivity index (χ0v) is 12.2. The molecule has 1 aliphatic heterocycles. The summed E-state index contributed by atoms with van der Waals surface area (Å²) in [7, 11) is 0. The Morgan fingerprint density at radius 2 is 2.00 bits per heavy atom. The molecular formula is C16H24N2O. The van der Waals surface area contributed by atoms with Crippen molar-refractivity contribution < 1.29 is 4.79 Å². The average molecular weight is 260 g/mol. The smallest absolute Gasteiger partial charge is 0.222 e. The lowest BCUT2D eigenvalue weighted by Crippen LogP contribution is -2.49. The minimum Gasteiger partial charge on any atom is -0.369 e. The molecule has 4 atom stereocenters. The van der Waals surface area contributed by atoms with Gasteiger partial charge in [0.15, 0.2) is 0 Å². The van der Waals surface area contributed by atoms with Crippen molar-refractivity contribution in [2.24, 2.45) is 17.6 Å². The van der Waals surface area contributed by atoms with Crippen molar-refractivity contribution in [3.05, 3.63) is 34.9 Å². The van der Waals surface area contributed by atoms with Crippen molar-refractivity contribution in [3.63, 3.8) is 0 Å². The first-order valence-corrected chi connectivity index (χ1v) is 7.03. The lowest BCUT2D eigenvalue weighted by atomic mass is 9.75. The van der Waals surface area contributed by atoms with Crippen LogP contribution in [0, 0.1) is 25.7 Å². The second-order valence-electron chi connectivity index (χ2n) is 5.98. The summed E-state index contributed by atoms with van der Waals surface area (Å²) in [6, 6.07) is 6.72. The third-order valence-electron chi connectivity index (χ3n) is 4.47. The maximum absolute atomic E-state index is 11.8. The Kier molecular flexibility index (Phi) is 3.95. The first kappa shape index (κ1) is 14.1. The molecule has 2 rings (SSSR count). The summed E-state index contributed by atoms with van der Waals surface area (Å²) < 4.78 is 0. The van der Waals surface area contributed by atoms with Crippen molar-refractivity contribution in [2.75, 3.05) is 0 Å². The maximum Gasteiger partial charge on any atom is 0.222 e. The van der Waals surface area contributed by atoms with Crippen molar-refractivity contribution >= 4 is 5.91 Å². The molecule has 0 radical (unpaired) electrons. The number of hydrogen-bond acceptors (Lipinski definition) is 2. The molecule has 1 amide bonds. The highest BCUT2D eigenvalue weighted by Gasteiger charge is 2.38. The van der Waals surface area contributed by atoms with Gasteiger partial charge < -0.3 is 11.1 Å². The van der Waals surface area contributed by atoms with Crippen LogP contribution < -0.4 is 11.1 Å². The molecule has 0 spiro atoms. The molecule has 1 heterocycles. The van der Waals surface area contributed by atoms with Gasteiger partial charge in [-0.1, -0.05) is 25.1 Å². The number of aryl methyl sites for hydroxylation is 1. The Balaban J connectivity index is 2.44. The number of primary amides is 1. The second kappa shape index (κ2) is 5.33. The van der Waals surface area contributed by atoms with Gasteiger partial charge in [-0.3, -0.25) is 4.79 Å². The number of amides is 1. The fourth-order valence-corrected chi connectivity index (χ4v) is 3.35. The fraction of sp³-hybridized carbons (Fsp3) is 0.562. The van der Waals surface area contributed by atoms with E-state index in [2.05, 4.69) is 51.2 Å². The van der Waals surface area contributed by atoms with Crippen molar-refractivity contribution in [2.45, 2.75) is 46.2 Å². The maximum atomic E-state index is 11.8. The van der Waals surface area contributed by atoms with Gasteiger partial charge in [-0.05, 0) is 49.8 Å². The van der Waals surface area contributed by atoms with Crippen LogP contribution in [0.2, 0.25) is 0 Å².